The number of hydrogen-bond acceptors (Lipinski definition) is 8. The molecule has 9 nitrogen and oxygen atoms in total. The van der Waals surface area contributed by atoms with Crippen molar-refractivity contribution in [2.24, 2.45) is 5.10 Å². The van der Waals surface area contributed by atoms with E-state index < -0.39 is 5.91 Å². The molecular formula is C20H19N5O4S. The highest BCUT2D eigenvalue weighted by atomic mass is 32.1. The summed E-state index contributed by atoms with van der Waals surface area (Å²) < 4.78 is 5.01. The zero-order valence-corrected chi connectivity index (χ0v) is 17.1. The standard InChI is InChI=1S/C20H19N5O4S/c1-12-6-8-13(9-7-12)19(28)22-20-25-24-17(30-20)10-16(26)23-21-11-14-4-3-5-15(29-2)18(14)27/h3-9,11,27H,10H2,1-2H3,(H,23,26)(H,22,25,28)/b21-11-. The molecular weight excluding hydrogens is 406 g/mol. The third-order valence-electron chi connectivity index (χ3n) is 3.96. The lowest BCUT2D eigenvalue weighted by atomic mass is 10.1. The topological polar surface area (TPSA) is 126 Å². The number of phenolic OH excluding ortho intramolecular Hbond substituents is 1. The van der Waals surface area contributed by atoms with Gasteiger partial charge in [-0.05, 0) is 31.2 Å². The summed E-state index contributed by atoms with van der Waals surface area (Å²) in [6.07, 6.45) is 1.25. The third kappa shape index (κ3) is 5.39. The quantitative estimate of drug-likeness (QED) is 0.394. The Hall–Kier alpha value is -3.79. The Labute approximate surface area is 176 Å². The molecule has 3 aromatic rings. The van der Waals surface area contributed by atoms with Crippen LogP contribution in [0.25, 0.3) is 0 Å². The zero-order valence-electron chi connectivity index (χ0n) is 16.2. The molecule has 0 aliphatic heterocycles. The lowest BCUT2D eigenvalue weighted by Crippen LogP contribution is -2.19. The molecule has 1 heterocycles. The first-order valence-corrected chi connectivity index (χ1v) is 9.66. The van der Waals surface area contributed by atoms with E-state index in [4.69, 9.17) is 4.74 Å². The minimum Gasteiger partial charge on any atom is -0.504 e. The zero-order chi connectivity index (χ0) is 21.5. The van der Waals surface area contributed by atoms with E-state index in [1.54, 1.807) is 30.3 Å². The summed E-state index contributed by atoms with van der Waals surface area (Å²) in [6, 6.07) is 12.1. The smallest absolute Gasteiger partial charge is 0.257 e. The highest BCUT2D eigenvalue weighted by Gasteiger charge is 2.12. The Kier molecular flexibility index (Phi) is 6.71. The number of aromatic hydroxyl groups is 1. The van der Waals surface area contributed by atoms with Crippen LogP contribution in [0, 0.1) is 6.92 Å². The molecule has 0 aliphatic carbocycles. The van der Waals surface area contributed by atoms with Crippen molar-refractivity contribution in [3.8, 4) is 11.5 Å². The Bertz CT molecular complexity index is 1080. The number of phenols is 1. The molecule has 3 N–H and O–H groups in total. The summed E-state index contributed by atoms with van der Waals surface area (Å²) in [5, 5.41) is 25.0. The molecule has 0 saturated heterocycles. The Morgan fingerprint density at radius 2 is 1.97 bits per heavy atom. The number of aryl methyl sites for hydroxylation is 1. The maximum absolute atomic E-state index is 12.2. The van der Waals surface area contributed by atoms with Crippen LogP contribution in [0.1, 0.15) is 26.5 Å². The largest absolute Gasteiger partial charge is 0.504 e. The van der Waals surface area contributed by atoms with Gasteiger partial charge in [-0.15, -0.1) is 10.2 Å². The lowest BCUT2D eigenvalue weighted by molar-refractivity contribution is -0.120. The van der Waals surface area contributed by atoms with E-state index in [1.165, 1.54) is 13.3 Å². The van der Waals surface area contributed by atoms with Crippen molar-refractivity contribution in [2.45, 2.75) is 13.3 Å². The minimum absolute atomic E-state index is 0.0560. The SMILES string of the molecule is COc1cccc(/C=N\NC(=O)Cc2nnc(NC(=O)c3ccc(C)cc3)s2)c1O. The molecule has 0 unspecified atom stereocenters. The van der Waals surface area contributed by atoms with E-state index in [0.717, 1.165) is 16.9 Å². The van der Waals surface area contributed by atoms with Crippen LogP contribution in [0.2, 0.25) is 0 Å². The van der Waals surface area contributed by atoms with Gasteiger partial charge in [0.15, 0.2) is 11.5 Å². The summed E-state index contributed by atoms with van der Waals surface area (Å²) >= 11 is 1.10. The molecule has 10 heteroatoms. The number of rotatable bonds is 7. The van der Waals surface area contributed by atoms with Gasteiger partial charge in [0.1, 0.15) is 5.01 Å². The summed E-state index contributed by atoms with van der Waals surface area (Å²) in [4.78, 5) is 24.2. The number of methoxy groups -OCH3 is 1. The molecule has 3 rings (SSSR count). The number of aromatic nitrogens is 2. The number of hydrogen-bond donors (Lipinski definition) is 3. The van der Waals surface area contributed by atoms with E-state index in [2.05, 4.69) is 26.0 Å². The molecule has 0 radical (unpaired) electrons. The second-order valence-electron chi connectivity index (χ2n) is 6.19. The fourth-order valence-electron chi connectivity index (χ4n) is 2.41. The molecule has 30 heavy (non-hydrogen) atoms. The van der Waals surface area contributed by atoms with Gasteiger partial charge in [0.05, 0.1) is 19.7 Å². The van der Waals surface area contributed by atoms with Gasteiger partial charge in [-0.3, -0.25) is 14.9 Å². The Morgan fingerprint density at radius 1 is 1.20 bits per heavy atom. The number of benzene rings is 2. The monoisotopic (exact) mass is 425 g/mol. The van der Waals surface area contributed by atoms with Crippen molar-refractivity contribution in [3.05, 3.63) is 64.2 Å². The molecule has 2 aromatic carbocycles. The number of carbonyl (C=O) groups excluding carboxylic acids is 2. The van der Waals surface area contributed by atoms with E-state index in [0.29, 0.717) is 27.0 Å². The van der Waals surface area contributed by atoms with Crippen LogP contribution in [-0.2, 0) is 11.2 Å². The number of nitrogens with one attached hydrogen (secondary N) is 2. The maximum atomic E-state index is 12.2. The second kappa shape index (κ2) is 9.61. The number of anilines is 1. The van der Waals surface area contributed by atoms with Gasteiger partial charge >= 0.3 is 0 Å². The highest BCUT2D eigenvalue weighted by Crippen LogP contribution is 2.27. The molecule has 0 fully saturated rings. The number of ether oxygens (including phenoxy) is 1. The molecule has 0 aliphatic rings. The summed E-state index contributed by atoms with van der Waals surface area (Å²) in [6.45, 7) is 1.94. The summed E-state index contributed by atoms with van der Waals surface area (Å²) in [5.74, 6) is -0.485. The van der Waals surface area contributed by atoms with Gasteiger partial charge in [-0.25, -0.2) is 5.43 Å². The summed E-state index contributed by atoms with van der Waals surface area (Å²) in [7, 11) is 1.44. The van der Waals surface area contributed by atoms with Crippen molar-refractivity contribution >= 4 is 34.5 Å². The minimum atomic E-state index is -0.416. The van der Waals surface area contributed by atoms with Crippen LogP contribution >= 0.6 is 11.3 Å². The second-order valence-corrected chi connectivity index (χ2v) is 7.25. The summed E-state index contributed by atoms with van der Waals surface area (Å²) in [5.41, 5.74) is 4.31. The Morgan fingerprint density at radius 3 is 2.70 bits per heavy atom. The highest BCUT2D eigenvalue weighted by molar-refractivity contribution is 7.15. The van der Waals surface area contributed by atoms with Crippen molar-refractivity contribution in [2.75, 3.05) is 12.4 Å². The molecule has 1 aromatic heterocycles. The molecule has 0 saturated carbocycles. The van der Waals surface area contributed by atoms with E-state index in [-0.39, 0.29) is 18.1 Å². The van der Waals surface area contributed by atoms with E-state index in [1.807, 2.05) is 19.1 Å². The van der Waals surface area contributed by atoms with E-state index in [9.17, 15) is 14.7 Å². The third-order valence-corrected chi connectivity index (χ3v) is 4.79. The van der Waals surface area contributed by atoms with Crippen LogP contribution in [0.3, 0.4) is 0 Å². The Balaban J connectivity index is 1.53. The first-order chi connectivity index (χ1) is 14.5. The van der Waals surface area contributed by atoms with Gasteiger partial charge < -0.3 is 9.84 Å². The fourth-order valence-corrected chi connectivity index (χ4v) is 3.14. The molecule has 2 amide bonds. The van der Waals surface area contributed by atoms with Crippen LogP contribution < -0.4 is 15.5 Å². The average Bonchev–Trinajstić information content (AvgIpc) is 3.16. The van der Waals surface area contributed by atoms with Crippen LogP contribution in [0.4, 0.5) is 5.13 Å². The predicted octanol–water partition coefficient (Wildman–Crippen LogP) is 2.51. The van der Waals surface area contributed by atoms with Crippen molar-refractivity contribution in [3.63, 3.8) is 0 Å². The first-order valence-electron chi connectivity index (χ1n) is 8.84. The van der Waals surface area contributed by atoms with Crippen molar-refractivity contribution < 1.29 is 19.4 Å². The number of carbonyl (C=O) groups is 2. The van der Waals surface area contributed by atoms with Crippen LogP contribution in [0.15, 0.2) is 47.6 Å². The van der Waals surface area contributed by atoms with Gasteiger partial charge in [-0.1, -0.05) is 35.1 Å². The lowest BCUT2D eigenvalue weighted by Gasteiger charge is -2.04. The van der Waals surface area contributed by atoms with Crippen LogP contribution in [0.5, 0.6) is 11.5 Å². The average molecular weight is 425 g/mol. The molecule has 0 spiro atoms. The van der Waals surface area contributed by atoms with Gasteiger partial charge in [-0.2, -0.15) is 5.10 Å². The number of amides is 2. The fraction of sp³-hybridized carbons (Fsp3) is 0.150. The van der Waals surface area contributed by atoms with Gasteiger partial charge in [0.25, 0.3) is 5.91 Å². The first kappa shape index (κ1) is 20.9. The number of para-hydroxylation sites is 1. The van der Waals surface area contributed by atoms with Crippen LogP contribution in [-0.4, -0.2) is 40.4 Å². The predicted molar refractivity (Wildman–Crippen MR) is 113 cm³/mol. The van der Waals surface area contributed by atoms with Crippen molar-refractivity contribution in [1.29, 1.82) is 0 Å². The van der Waals surface area contributed by atoms with Gasteiger partial charge in [0.2, 0.25) is 11.0 Å². The molecule has 0 bridgehead atoms. The van der Waals surface area contributed by atoms with E-state index >= 15 is 0 Å². The van der Waals surface area contributed by atoms with Crippen molar-refractivity contribution in [1.82, 2.24) is 15.6 Å². The molecule has 0 atom stereocenters. The number of hydrazone groups is 1. The van der Waals surface area contributed by atoms with Gasteiger partial charge in [0, 0.05) is 11.1 Å². The molecule has 154 valence electrons. The normalized spacial score (nSPS) is 10.7. The number of nitrogens with zero attached hydrogens (tertiary/aromatic N) is 3. The maximum Gasteiger partial charge on any atom is 0.257 e.